The lowest BCUT2D eigenvalue weighted by Gasteiger charge is -2.24. The molecule has 0 unspecified atom stereocenters. The van der Waals surface area contributed by atoms with Gasteiger partial charge in [-0.15, -0.1) is 0 Å². The largest absolute Gasteiger partial charge is 0.361 e. The number of hydrogen-bond acceptors (Lipinski definition) is 4. The van der Waals surface area contributed by atoms with Crippen LogP contribution in [0.2, 0.25) is 0 Å². The molecule has 1 aromatic carbocycles. The molecule has 5 heteroatoms. The van der Waals surface area contributed by atoms with Crippen LogP contribution in [0.5, 0.6) is 0 Å². The molecule has 3 heterocycles. The Morgan fingerprint density at radius 3 is 2.83 bits per heavy atom. The highest BCUT2D eigenvalue weighted by atomic mass is 16.5. The third kappa shape index (κ3) is 2.65. The number of benzene rings is 1. The molecule has 0 bridgehead atoms. The summed E-state index contributed by atoms with van der Waals surface area (Å²) >= 11 is 0. The van der Waals surface area contributed by atoms with Gasteiger partial charge in [-0.2, -0.15) is 5.10 Å². The molecule has 1 aliphatic rings. The maximum Gasteiger partial charge on any atom is 0.138 e. The molecule has 2 aromatic heterocycles. The van der Waals surface area contributed by atoms with E-state index in [0.717, 1.165) is 36.7 Å². The predicted octanol–water partition coefficient (Wildman–Crippen LogP) is 4.02. The Bertz CT molecular complexity index is 802. The molecular weight excluding hydrogens is 300 g/mol. The lowest BCUT2D eigenvalue weighted by Crippen LogP contribution is -2.23. The van der Waals surface area contributed by atoms with Crippen LogP contribution in [-0.2, 0) is 6.54 Å². The van der Waals surface area contributed by atoms with Crippen molar-refractivity contribution in [1.82, 2.24) is 20.3 Å². The Morgan fingerprint density at radius 1 is 1.25 bits per heavy atom. The van der Waals surface area contributed by atoms with Gasteiger partial charge >= 0.3 is 0 Å². The average Bonchev–Trinajstić information content (AvgIpc) is 3.31. The smallest absolute Gasteiger partial charge is 0.138 e. The fraction of sp³-hybridized carbons (Fsp3) is 0.368. The highest BCUT2D eigenvalue weighted by Gasteiger charge is 2.31. The van der Waals surface area contributed by atoms with Crippen molar-refractivity contribution in [3.8, 4) is 11.3 Å². The molecule has 0 amide bonds. The molecule has 0 radical (unpaired) electrons. The van der Waals surface area contributed by atoms with Crippen molar-refractivity contribution < 1.29 is 4.52 Å². The molecule has 124 valence electrons. The first-order chi connectivity index (χ1) is 11.7. The lowest BCUT2D eigenvalue weighted by atomic mass is 10.0. The molecular formula is C19H22N4O. The number of hydrogen-bond donors (Lipinski definition) is 1. The fourth-order valence-corrected chi connectivity index (χ4v) is 3.81. The molecule has 0 spiro atoms. The molecule has 1 N–H and O–H groups in total. The number of nitrogens with zero attached hydrogens (tertiary/aromatic N) is 3. The zero-order chi connectivity index (χ0) is 16.5. The number of likely N-dealkylation sites (tertiary alicyclic amines) is 1. The Kier molecular flexibility index (Phi) is 3.94. The summed E-state index contributed by atoms with van der Waals surface area (Å²) in [5.74, 6) is 0.944. The summed E-state index contributed by atoms with van der Waals surface area (Å²) < 4.78 is 5.39. The van der Waals surface area contributed by atoms with Gasteiger partial charge in [0.05, 0.1) is 17.6 Å². The first-order valence-electron chi connectivity index (χ1n) is 8.48. The average molecular weight is 322 g/mol. The van der Waals surface area contributed by atoms with Crippen LogP contribution in [0.25, 0.3) is 11.3 Å². The van der Waals surface area contributed by atoms with E-state index in [4.69, 9.17) is 4.52 Å². The molecule has 1 aliphatic heterocycles. The Morgan fingerprint density at radius 2 is 2.08 bits per heavy atom. The standard InChI is InChI=1S/C19H22N4O/c1-13-18(14(2)24-22-13)17-9-6-10-23(17)12-16-11-20-21-19(16)15-7-4-3-5-8-15/h3-5,7-8,11,17H,6,9-10,12H2,1-2H3,(H,20,21)/t17-/m1/s1. The van der Waals surface area contributed by atoms with Gasteiger partial charge in [-0.1, -0.05) is 35.5 Å². The SMILES string of the molecule is Cc1noc(C)c1[C@H]1CCCN1Cc1cn[nH]c1-c1ccccc1. The molecule has 0 saturated carbocycles. The number of nitrogens with one attached hydrogen (secondary N) is 1. The zero-order valence-electron chi connectivity index (χ0n) is 14.1. The van der Waals surface area contributed by atoms with Crippen LogP contribution in [0.15, 0.2) is 41.1 Å². The number of rotatable bonds is 4. The summed E-state index contributed by atoms with van der Waals surface area (Å²) in [5.41, 5.74) is 5.80. The third-order valence-electron chi connectivity index (χ3n) is 4.94. The minimum Gasteiger partial charge on any atom is -0.361 e. The van der Waals surface area contributed by atoms with Gasteiger partial charge in [0.15, 0.2) is 0 Å². The Labute approximate surface area is 141 Å². The third-order valence-corrected chi connectivity index (χ3v) is 4.94. The highest BCUT2D eigenvalue weighted by Crippen LogP contribution is 2.37. The van der Waals surface area contributed by atoms with Crippen molar-refractivity contribution in [2.24, 2.45) is 0 Å². The molecule has 1 fully saturated rings. The van der Waals surface area contributed by atoms with E-state index < -0.39 is 0 Å². The van der Waals surface area contributed by atoms with E-state index >= 15 is 0 Å². The number of aryl methyl sites for hydroxylation is 2. The minimum atomic E-state index is 0.384. The van der Waals surface area contributed by atoms with Crippen LogP contribution in [0.1, 0.15) is 41.5 Å². The second-order valence-electron chi connectivity index (χ2n) is 6.50. The Hall–Kier alpha value is -2.40. The van der Waals surface area contributed by atoms with Crippen molar-refractivity contribution in [3.63, 3.8) is 0 Å². The van der Waals surface area contributed by atoms with E-state index in [0.29, 0.717) is 6.04 Å². The summed E-state index contributed by atoms with van der Waals surface area (Å²) in [6.07, 6.45) is 4.31. The summed E-state index contributed by atoms with van der Waals surface area (Å²) in [6.45, 7) is 6.03. The fourth-order valence-electron chi connectivity index (χ4n) is 3.81. The van der Waals surface area contributed by atoms with Gasteiger partial charge in [0, 0.05) is 23.7 Å². The Balaban J connectivity index is 1.61. The topological polar surface area (TPSA) is 58.0 Å². The molecule has 5 nitrogen and oxygen atoms in total. The molecule has 0 aliphatic carbocycles. The van der Waals surface area contributed by atoms with E-state index in [2.05, 4.69) is 44.5 Å². The summed E-state index contributed by atoms with van der Waals surface area (Å²) in [4.78, 5) is 2.52. The number of aromatic nitrogens is 3. The summed E-state index contributed by atoms with van der Waals surface area (Å²) in [7, 11) is 0. The summed E-state index contributed by atoms with van der Waals surface area (Å²) in [6, 6.07) is 10.8. The van der Waals surface area contributed by atoms with Crippen molar-refractivity contribution in [1.29, 1.82) is 0 Å². The summed E-state index contributed by atoms with van der Waals surface area (Å²) in [5, 5.41) is 11.6. The normalized spacial score (nSPS) is 18.3. The van der Waals surface area contributed by atoms with Gasteiger partial charge in [-0.25, -0.2) is 0 Å². The van der Waals surface area contributed by atoms with Gasteiger partial charge < -0.3 is 4.52 Å². The van der Waals surface area contributed by atoms with Crippen molar-refractivity contribution in [3.05, 3.63) is 59.1 Å². The van der Waals surface area contributed by atoms with Crippen LogP contribution < -0.4 is 0 Å². The molecule has 3 aromatic rings. The van der Waals surface area contributed by atoms with Crippen LogP contribution in [0.3, 0.4) is 0 Å². The molecule has 1 saturated heterocycles. The number of aromatic amines is 1. The predicted molar refractivity (Wildman–Crippen MR) is 92.4 cm³/mol. The molecule has 1 atom stereocenters. The molecule has 4 rings (SSSR count). The van der Waals surface area contributed by atoms with Gasteiger partial charge in [-0.05, 0) is 38.8 Å². The van der Waals surface area contributed by atoms with Gasteiger partial charge in [0.2, 0.25) is 0 Å². The van der Waals surface area contributed by atoms with E-state index in [-0.39, 0.29) is 0 Å². The van der Waals surface area contributed by atoms with Crippen LogP contribution in [0.4, 0.5) is 0 Å². The monoisotopic (exact) mass is 322 g/mol. The van der Waals surface area contributed by atoms with Crippen LogP contribution in [-0.4, -0.2) is 26.8 Å². The first kappa shape index (κ1) is 15.1. The molecule has 24 heavy (non-hydrogen) atoms. The van der Waals surface area contributed by atoms with E-state index in [1.54, 1.807) is 0 Å². The van der Waals surface area contributed by atoms with Crippen molar-refractivity contribution in [2.45, 2.75) is 39.3 Å². The minimum absolute atomic E-state index is 0.384. The second kappa shape index (κ2) is 6.24. The van der Waals surface area contributed by atoms with Gasteiger partial charge in [-0.3, -0.25) is 10.00 Å². The maximum atomic E-state index is 5.39. The zero-order valence-corrected chi connectivity index (χ0v) is 14.1. The lowest BCUT2D eigenvalue weighted by molar-refractivity contribution is 0.246. The van der Waals surface area contributed by atoms with Gasteiger partial charge in [0.25, 0.3) is 0 Å². The van der Waals surface area contributed by atoms with E-state index in [1.807, 2.05) is 26.1 Å². The van der Waals surface area contributed by atoms with E-state index in [1.165, 1.54) is 23.1 Å². The number of H-pyrrole nitrogens is 1. The quantitative estimate of drug-likeness (QED) is 0.788. The van der Waals surface area contributed by atoms with Crippen LogP contribution >= 0.6 is 0 Å². The second-order valence-corrected chi connectivity index (χ2v) is 6.50. The van der Waals surface area contributed by atoms with Crippen molar-refractivity contribution in [2.75, 3.05) is 6.54 Å². The highest BCUT2D eigenvalue weighted by molar-refractivity contribution is 5.62. The maximum absolute atomic E-state index is 5.39. The van der Waals surface area contributed by atoms with Crippen molar-refractivity contribution >= 4 is 0 Å². The first-order valence-corrected chi connectivity index (χ1v) is 8.48. The van der Waals surface area contributed by atoms with E-state index in [9.17, 15) is 0 Å². The van der Waals surface area contributed by atoms with Gasteiger partial charge in [0.1, 0.15) is 5.76 Å². The van der Waals surface area contributed by atoms with Crippen LogP contribution in [0, 0.1) is 13.8 Å².